The summed E-state index contributed by atoms with van der Waals surface area (Å²) < 4.78 is 16.1. The fraction of sp³-hybridized carbons (Fsp3) is 0.143. The van der Waals surface area contributed by atoms with Gasteiger partial charge in [-0.05, 0) is 60.9 Å². The third kappa shape index (κ3) is 3.99. The van der Waals surface area contributed by atoms with Gasteiger partial charge in [0.25, 0.3) is 0 Å². The zero-order valence-corrected chi connectivity index (χ0v) is 17.6. The summed E-state index contributed by atoms with van der Waals surface area (Å²) in [6, 6.07) is 17.7. The van der Waals surface area contributed by atoms with Crippen molar-refractivity contribution in [2.24, 2.45) is 0 Å². The lowest BCUT2D eigenvalue weighted by Crippen LogP contribution is -1.93. The van der Waals surface area contributed by atoms with Crippen molar-refractivity contribution in [3.63, 3.8) is 0 Å². The molecule has 2 aromatic carbocycles. The van der Waals surface area contributed by atoms with Crippen LogP contribution in [-0.2, 0) is 5.75 Å². The molecule has 0 saturated carbocycles. The number of rotatable bonds is 6. The van der Waals surface area contributed by atoms with Crippen LogP contribution in [0.25, 0.3) is 22.6 Å². The van der Waals surface area contributed by atoms with Crippen molar-refractivity contribution in [1.82, 2.24) is 20.3 Å². The topological polar surface area (TPSA) is 83.2 Å². The van der Waals surface area contributed by atoms with E-state index in [2.05, 4.69) is 20.3 Å². The fourth-order valence-electron chi connectivity index (χ4n) is 2.91. The molecule has 30 heavy (non-hydrogen) atoms. The summed E-state index contributed by atoms with van der Waals surface area (Å²) in [7, 11) is 0. The molecule has 0 unspecified atom stereocenters. The Morgan fingerprint density at radius 2 is 1.73 bits per heavy atom. The lowest BCUT2D eigenvalue weighted by molar-refractivity contribution is 0.174. The van der Waals surface area contributed by atoms with Crippen LogP contribution in [0.5, 0.6) is 11.5 Å². The monoisotopic (exact) mass is 436 g/mol. The molecule has 3 heterocycles. The van der Waals surface area contributed by atoms with Crippen LogP contribution in [0.1, 0.15) is 5.89 Å². The minimum absolute atomic E-state index is 0.251. The summed E-state index contributed by atoms with van der Waals surface area (Å²) in [5.41, 5.74) is 2.63. The highest BCUT2D eigenvalue weighted by molar-refractivity contribution is 7.98. The van der Waals surface area contributed by atoms with E-state index in [0.29, 0.717) is 17.5 Å². The Labute approximate surface area is 181 Å². The van der Waals surface area contributed by atoms with Crippen LogP contribution in [0.4, 0.5) is 0 Å². The van der Waals surface area contributed by atoms with Gasteiger partial charge in [-0.2, -0.15) is 4.98 Å². The maximum atomic E-state index is 5.42. The van der Waals surface area contributed by atoms with Gasteiger partial charge in [0.15, 0.2) is 11.5 Å². The Morgan fingerprint density at radius 3 is 2.53 bits per heavy atom. The zero-order valence-electron chi connectivity index (χ0n) is 15.9. The van der Waals surface area contributed by atoms with Crippen molar-refractivity contribution >= 4 is 23.5 Å². The molecular formula is C21H16N4O3S2. The zero-order chi connectivity index (χ0) is 20.3. The second kappa shape index (κ2) is 8.37. The van der Waals surface area contributed by atoms with E-state index < -0.39 is 0 Å². The first-order chi connectivity index (χ1) is 14.8. The lowest BCUT2D eigenvalue weighted by atomic mass is 10.1. The highest BCUT2D eigenvalue weighted by Gasteiger charge is 2.15. The molecule has 0 N–H and O–H groups in total. The average molecular weight is 437 g/mol. The third-order valence-corrected chi connectivity index (χ3v) is 6.12. The van der Waals surface area contributed by atoms with Crippen LogP contribution in [0, 0.1) is 0 Å². The van der Waals surface area contributed by atoms with Gasteiger partial charge < -0.3 is 14.0 Å². The number of hydrogen-bond acceptors (Lipinski definition) is 9. The van der Waals surface area contributed by atoms with Crippen LogP contribution in [-0.4, -0.2) is 33.4 Å². The van der Waals surface area contributed by atoms with Gasteiger partial charge in [-0.15, -0.1) is 22.0 Å². The van der Waals surface area contributed by atoms with Crippen molar-refractivity contribution in [1.29, 1.82) is 0 Å². The Morgan fingerprint density at radius 1 is 0.900 bits per heavy atom. The minimum atomic E-state index is 0.251. The molecule has 2 aromatic heterocycles. The van der Waals surface area contributed by atoms with E-state index in [1.54, 1.807) is 11.8 Å². The van der Waals surface area contributed by atoms with E-state index in [-0.39, 0.29) is 6.79 Å². The number of ether oxygens (including phenoxy) is 2. The Hall–Kier alpha value is -3.04. The SMILES string of the molecule is CSc1ccc(-c2noc(CSc3ccc(-c4ccc5c(c4)OCO5)nn3)n2)cc1. The van der Waals surface area contributed by atoms with E-state index >= 15 is 0 Å². The molecule has 9 heteroatoms. The van der Waals surface area contributed by atoms with Gasteiger partial charge in [0.1, 0.15) is 5.03 Å². The maximum absolute atomic E-state index is 5.42. The number of nitrogens with zero attached hydrogens (tertiary/aromatic N) is 4. The standard InChI is InChI=1S/C21H16N4O3S2/c1-29-15-5-2-13(3-6-15)21-22-19(28-25-21)11-30-20-9-7-16(23-24-20)14-4-8-17-18(10-14)27-12-26-17/h2-10H,11-12H2,1H3. The van der Waals surface area contributed by atoms with Crippen LogP contribution < -0.4 is 9.47 Å². The van der Waals surface area contributed by atoms with E-state index in [4.69, 9.17) is 14.0 Å². The largest absolute Gasteiger partial charge is 0.454 e. The number of hydrogen-bond donors (Lipinski definition) is 0. The highest BCUT2D eigenvalue weighted by atomic mass is 32.2. The molecule has 0 saturated heterocycles. The molecule has 5 rings (SSSR count). The van der Waals surface area contributed by atoms with Crippen LogP contribution in [0.2, 0.25) is 0 Å². The average Bonchev–Trinajstić information content (AvgIpc) is 3.47. The Bertz CT molecular complexity index is 1160. The smallest absolute Gasteiger partial charge is 0.237 e. The minimum Gasteiger partial charge on any atom is -0.454 e. The van der Waals surface area contributed by atoms with Crippen molar-refractivity contribution in [2.75, 3.05) is 13.0 Å². The van der Waals surface area contributed by atoms with Crippen molar-refractivity contribution in [3.05, 3.63) is 60.5 Å². The molecule has 7 nitrogen and oxygen atoms in total. The number of thioether (sulfide) groups is 2. The van der Waals surface area contributed by atoms with E-state index in [1.807, 2.05) is 60.9 Å². The first-order valence-electron chi connectivity index (χ1n) is 9.12. The van der Waals surface area contributed by atoms with Gasteiger partial charge in [-0.1, -0.05) is 16.9 Å². The highest BCUT2D eigenvalue weighted by Crippen LogP contribution is 2.35. The summed E-state index contributed by atoms with van der Waals surface area (Å²) in [6.07, 6.45) is 2.04. The molecule has 1 aliphatic rings. The Balaban J connectivity index is 1.23. The predicted molar refractivity (Wildman–Crippen MR) is 115 cm³/mol. The normalized spacial score (nSPS) is 12.3. The number of benzene rings is 2. The molecule has 0 radical (unpaired) electrons. The third-order valence-electron chi connectivity index (χ3n) is 4.47. The first-order valence-corrected chi connectivity index (χ1v) is 11.3. The van der Waals surface area contributed by atoms with Crippen LogP contribution in [0.15, 0.2) is 69.0 Å². The van der Waals surface area contributed by atoms with E-state index in [9.17, 15) is 0 Å². The Kier molecular flexibility index (Phi) is 5.29. The van der Waals surface area contributed by atoms with Crippen LogP contribution in [0.3, 0.4) is 0 Å². The molecule has 0 atom stereocenters. The molecule has 0 spiro atoms. The second-order valence-electron chi connectivity index (χ2n) is 6.35. The molecule has 0 amide bonds. The lowest BCUT2D eigenvalue weighted by Gasteiger charge is -2.03. The molecule has 0 aliphatic carbocycles. The van der Waals surface area contributed by atoms with Gasteiger partial charge in [-0.3, -0.25) is 0 Å². The molecular weight excluding hydrogens is 420 g/mol. The summed E-state index contributed by atoms with van der Waals surface area (Å²) in [4.78, 5) is 5.67. The van der Waals surface area contributed by atoms with E-state index in [1.165, 1.54) is 16.7 Å². The quantitative estimate of drug-likeness (QED) is 0.390. The van der Waals surface area contributed by atoms with Crippen molar-refractivity contribution < 1.29 is 14.0 Å². The summed E-state index contributed by atoms with van der Waals surface area (Å²) in [6.45, 7) is 0.251. The number of fused-ring (bicyclic) bond motifs is 1. The summed E-state index contributed by atoms with van der Waals surface area (Å²) in [5.74, 6) is 3.13. The molecule has 1 aliphatic heterocycles. The predicted octanol–water partition coefficient (Wildman–Crippen LogP) is 4.94. The molecule has 4 aromatic rings. The van der Waals surface area contributed by atoms with E-state index in [0.717, 1.165) is 33.3 Å². The van der Waals surface area contributed by atoms with Crippen LogP contribution >= 0.6 is 23.5 Å². The van der Waals surface area contributed by atoms with Gasteiger partial charge in [0.2, 0.25) is 18.5 Å². The summed E-state index contributed by atoms with van der Waals surface area (Å²) in [5, 5.41) is 13.5. The molecule has 0 fully saturated rings. The van der Waals surface area contributed by atoms with Gasteiger partial charge in [0, 0.05) is 16.0 Å². The van der Waals surface area contributed by atoms with Crippen molar-refractivity contribution in [3.8, 4) is 34.1 Å². The first kappa shape index (κ1) is 19.0. The molecule has 150 valence electrons. The van der Waals surface area contributed by atoms with Gasteiger partial charge >= 0.3 is 0 Å². The van der Waals surface area contributed by atoms with Gasteiger partial charge in [0.05, 0.1) is 11.4 Å². The maximum Gasteiger partial charge on any atom is 0.237 e. The molecule has 0 bridgehead atoms. The van der Waals surface area contributed by atoms with Gasteiger partial charge in [-0.25, -0.2) is 0 Å². The second-order valence-corrected chi connectivity index (χ2v) is 8.23. The fourth-order valence-corrected chi connectivity index (χ4v) is 3.97. The van der Waals surface area contributed by atoms with Crippen molar-refractivity contribution in [2.45, 2.75) is 15.7 Å². The number of aromatic nitrogens is 4. The summed E-state index contributed by atoms with van der Waals surface area (Å²) >= 11 is 3.19.